The maximum atomic E-state index is 11.9. The van der Waals surface area contributed by atoms with Crippen LogP contribution >= 0.6 is 0 Å². The van der Waals surface area contributed by atoms with Crippen LogP contribution in [0.5, 0.6) is 5.75 Å². The number of carbonyl (C=O) groups is 1. The Kier molecular flexibility index (Phi) is 5.02. The minimum atomic E-state index is -0.430. The Balaban J connectivity index is 1.99. The predicted molar refractivity (Wildman–Crippen MR) is 99.1 cm³/mol. The second-order valence-corrected chi connectivity index (χ2v) is 6.19. The van der Waals surface area contributed by atoms with Crippen molar-refractivity contribution in [3.63, 3.8) is 0 Å². The van der Waals surface area contributed by atoms with Crippen molar-refractivity contribution in [2.75, 3.05) is 0 Å². The zero-order chi connectivity index (χ0) is 18.7. The molecule has 1 aromatic heterocycles. The van der Waals surface area contributed by atoms with Crippen LogP contribution in [0.3, 0.4) is 0 Å². The minimum absolute atomic E-state index is 0.0514. The maximum absolute atomic E-state index is 11.9. The second kappa shape index (κ2) is 7.39. The molecule has 3 aromatic rings. The van der Waals surface area contributed by atoms with Gasteiger partial charge in [0.1, 0.15) is 28.6 Å². The van der Waals surface area contributed by atoms with Gasteiger partial charge in [0, 0.05) is 5.57 Å². The number of rotatable bonds is 6. The molecular formula is C20H21N3O3. The van der Waals surface area contributed by atoms with Gasteiger partial charge in [-0.05, 0) is 43.2 Å². The minimum Gasteiger partial charge on any atom is -0.506 e. The molecule has 26 heavy (non-hydrogen) atoms. The first-order valence-corrected chi connectivity index (χ1v) is 8.51. The van der Waals surface area contributed by atoms with Crippen molar-refractivity contribution in [3.05, 3.63) is 60.2 Å². The molecule has 3 rings (SSSR count). The number of phenols is 1. The van der Waals surface area contributed by atoms with E-state index in [1.165, 1.54) is 4.80 Å². The summed E-state index contributed by atoms with van der Waals surface area (Å²) in [6, 6.07) is 12.5. The number of nitrogens with zero attached hydrogens (tertiary/aromatic N) is 3. The monoisotopic (exact) mass is 351 g/mol. The van der Waals surface area contributed by atoms with E-state index in [-0.39, 0.29) is 5.75 Å². The van der Waals surface area contributed by atoms with Crippen LogP contribution in [0.15, 0.2) is 54.6 Å². The fraction of sp³-hybridized carbons (Fsp3) is 0.250. The lowest BCUT2D eigenvalue weighted by molar-refractivity contribution is -0.145. The fourth-order valence-electron chi connectivity index (χ4n) is 2.65. The zero-order valence-electron chi connectivity index (χ0n) is 14.8. The van der Waals surface area contributed by atoms with Crippen molar-refractivity contribution in [1.29, 1.82) is 0 Å². The molecule has 0 aliphatic carbocycles. The first-order chi connectivity index (χ1) is 12.5. The Morgan fingerprint density at radius 2 is 1.88 bits per heavy atom. The van der Waals surface area contributed by atoms with E-state index in [1.54, 1.807) is 25.1 Å². The third-order valence-corrected chi connectivity index (χ3v) is 4.02. The SMILES string of the molecule is C=C(C)C(=O)OC(CCC)c1ccc(O)c(-n2nc3ccccc3n2)c1. The quantitative estimate of drug-likeness (QED) is 0.535. The highest BCUT2D eigenvalue weighted by atomic mass is 16.5. The van der Waals surface area contributed by atoms with Gasteiger partial charge in [-0.15, -0.1) is 15.0 Å². The van der Waals surface area contributed by atoms with E-state index >= 15 is 0 Å². The van der Waals surface area contributed by atoms with Gasteiger partial charge in [-0.1, -0.05) is 38.1 Å². The van der Waals surface area contributed by atoms with Crippen LogP contribution in [0, 0.1) is 0 Å². The summed E-state index contributed by atoms with van der Waals surface area (Å²) >= 11 is 0. The highest BCUT2D eigenvalue weighted by Crippen LogP contribution is 2.30. The van der Waals surface area contributed by atoms with Crippen LogP contribution in [0.4, 0.5) is 0 Å². The van der Waals surface area contributed by atoms with Gasteiger partial charge in [0.25, 0.3) is 0 Å². The number of hydrogen-bond acceptors (Lipinski definition) is 5. The molecule has 0 bridgehead atoms. The Hall–Kier alpha value is -3.15. The Bertz CT molecular complexity index is 929. The van der Waals surface area contributed by atoms with Gasteiger partial charge in [0.05, 0.1) is 0 Å². The molecule has 1 N–H and O–H groups in total. The largest absolute Gasteiger partial charge is 0.506 e. The summed E-state index contributed by atoms with van der Waals surface area (Å²) in [5.74, 6) is -0.378. The van der Waals surface area contributed by atoms with Gasteiger partial charge in [-0.25, -0.2) is 4.79 Å². The molecule has 0 spiro atoms. The smallest absolute Gasteiger partial charge is 0.333 e. The van der Waals surface area contributed by atoms with E-state index in [1.807, 2.05) is 31.2 Å². The van der Waals surface area contributed by atoms with Gasteiger partial charge < -0.3 is 9.84 Å². The number of esters is 1. The summed E-state index contributed by atoms with van der Waals surface area (Å²) in [7, 11) is 0. The van der Waals surface area contributed by atoms with Gasteiger partial charge in [0.2, 0.25) is 0 Å². The third kappa shape index (κ3) is 3.59. The van der Waals surface area contributed by atoms with Crippen LogP contribution in [0.25, 0.3) is 16.7 Å². The second-order valence-electron chi connectivity index (χ2n) is 6.19. The highest BCUT2D eigenvalue weighted by molar-refractivity contribution is 5.87. The molecule has 6 nitrogen and oxygen atoms in total. The fourth-order valence-corrected chi connectivity index (χ4v) is 2.65. The third-order valence-electron chi connectivity index (χ3n) is 4.02. The molecule has 2 aromatic carbocycles. The number of aromatic hydroxyl groups is 1. The van der Waals surface area contributed by atoms with Crippen molar-refractivity contribution in [2.45, 2.75) is 32.8 Å². The molecule has 1 heterocycles. The van der Waals surface area contributed by atoms with Crippen molar-refractivity contribution < 1.29 is 14.6 Å². The lowest BCUT2D eigenvalue weighted by atomic mass is 10.0. The highest BCUT2D eigenvalue weighted by Gasteiger charge is 2.19. The molecule has 0 aliphatic heterocycles. The number of fused-ring (bicyclic) bond motifs is 1. The lowest BCUT2D eigenvalue weighted by Gasteiger charge is -2.18. The molecule has 1 atom stereocenters. The zero-order valence-corrected chi connectivity index (χ0v) is 14.8. The standard InChI is InChI=1S/C20H21N3O3/c1-4-7-19(26-20(25)13(2)3)14-10-11-18(24)17(12-14)23-21-15-8-5-6-9-16(15)22-23/h5-6,8-12,19,24H,2,4,7H2,1,3H3. The first-order valence-electron chi connectivity index (χ1n) is 8.51. The van der Waals surface area contributed by atoms with Crippen LogP contribution in [-0.2, 0) is 9.53 Å². The lowest BCUT2D eigenvalue weighted by Crippen LogP contribution is -2.12. The van der Waals surface area contributed by atoms with Gasteiger partial charge in [0.15, 0.2) is 0 Å². The topological polar surface area (TPSA) is 77.2 Å². The average Bonchev–Trinajstić information content (AvgIpc) is 3.05. The van der Waals surface area contributed by atoms with Gasteiger partial charge in [-0.2, -0.15) is 0 Å². The molecule has 0 fully saturated rings. The molecule has 0 aliphatic rings. The number of ether oxygens (including phenoxy) is 1. The molecule has 1 unspecified atom stereocenters. The van der Waals surface area contributed by atoms with Gasteiger partial charge in [-0.3, -0.25) is 0 Å². The van der Waals surface area contributed by atoms with E-state index in [4.69, 9.17) is 4.74 Å². The van der Waals surface area contributed by atoms with Crippen LogP contribution in [-0.4, -0.2) is 26.1 Å². The Morgan fingerprint density at radius 3 is 2.46 bits per heavy atom. The van der Waals surface area contributed by atoms with Crippen LogP contribution in [0.1, 0.15) is 38.4 Å². The number of aromatic nitrogens is 3. The van der Waals surface area contributed by atoms with Crippen molar-refractivity contribution in [2.24, 2.45) is 0 Å². The van der Waals surface area contributed by atoms with E-state index in [9.17, 15) is 9.90 Å². The molecule has 0 amide bonds. The number of phenolic OH excluding ortho intramolecular Hbond substituents is 1. The van der Waals surface area contributed by atoms with E-state index in [0.29, 0.717) is 17.7 Å². The Labute approximate surface area is 151 Å². The average molecular weight is 351 g/mol. The summed E-state index contributed by atoms with van der Waals surface area (Å²) < 4.78 is 5.56. The predicted octanol–water partition coefficient (Wildman–Crippen LogP) is 4.09. The number of benzene rings is 2. The van der Waals surface area contributed by atoms with Crippen LogP contribution < -0.4 is 0 Å². The Morgan fingerprint density at radius 1 is 1.23 bits per heavy atom. The van der Waals surface area contributed by atoms with Gasteiger partial charge >= 0.3 is 5.97 Å². The van der Waals surface area contributed by atoms with E-state index in [2.05, 4.69) is 16.8 Å². The summed E-state index contributed by atoms with van der Waals surface area (Å²) in [5, 5.41) is 19.1. The normalized spacial score (nSPS) is 12.1. The molecule has 0 saturated heterocycles. The summed E-state index contributed by atoms with van der Waals surface area (Å²) in [6.07, 6.45) is 1.08. The number of hydrogen-bond donors (Lipinski definition) is 1. The van der Waals surface area contributed by atoms with Crippen LogP contribution in [0.2, 0.25) is 0 Å². The van der Waals surface area contributed by atoms with Crippen molar-refractivity contribution in [1.82, 2.24) is 15.0 Å². The van der Waals surface area contributed by atoms with Crippen molar-refractivity contribution >= 4 is 17.0 Å². The molecular weight excluding hydrogens is 330 g/mol. The summed E-state index contributed by atoms with van der Waals surface area (Å²) in [4.78, 5) is 13.3. The molecule has 0 radical (unpaired) electrons. The van der Waals surface area contributed by atoms with Crippen molar-refractivity contribution in [3.8, 4) is 11.4 Å². The maximum Gasteiger partial charge on any atom is 0.333 e. The van der Waals surface area contributed by atoms with E-state index < -0.39 is 12.1 Å². The molecule has 0 saturated carbocycles. The molecule has 6 heteroatoms. The summed E-state index contributed by atoms with van der Waals surface area (Å²) in [5.41, 5.74) is 3.03. The van der Waals surface area contributed by atoms with E-state index in [0.717, 1.165) is 23.0 Å². The number of carbonyl (C=O) groups excluding carboxylic acids is 1. The first kappa shape index (κ1) is 17.7. The molecule has 134 valence electrons. The summed E-state index contributed by atoms with van der Waals surface area (Å²) in [6.45, 7) is 7.26.